The van der Waals surface area contributed by atoms with Gasteiger partial charge in [-0.3, -0.25) is 24.6 Å². The number of nitriles is 1. The van der Waals surface area contributed by atoms with Crippen LogP contribution in [0, 0.1) is 21.4 Å². The number of anilines is 2. The second-order valence-corrected chi connectivity index (χ2v) is 10.2. The summed E-state index contributed by atoms with van der Waals surface area (Å²) >= 11 is 10.3. The highest BCUT2D eigenvalue weighted by molar-refractivity contribution is 9.10. The van der Waals surface area contributed by atoms with Gasteiger partial charge in [0, 0.05) is 33.0 Å². The van der Waals surface area contributed by atoms with Gasteiger partial charge in [0.2, 0.25) is 5.91 Å². The molecule has 1 aliphatic rings. The molecule has 3 aromatic carbocycles. The van der Waals surface area contributed by atoms with Gasteiger partial charge in [-0.25, -0.2) is 0 Å². The first kappa shape index (κ1) is 25.4. The van der Waals surface area contributed by atoms with Crippen LogP contribution >= 0.6 is 39.3 Å². The molecule has 0 unspecified atom stereocenters. The summed E-state index contributed by atoms with van der Waals surface area (Å²) in [5.41, 5.74) is 1.21. The van der Waals surface area contributed by atoms with Crippen molar-refractivity contribution in [3.8, 4) is 6.07 Å². The first-order valence-corrected chi connectivity index (χ1v) is 12.5. The smallest absolute Gasteiger partial charge is 0.269 e. The zero-order chi connectivity index (χ0) is 25.8. The maximum atomic E-state index is 13.5. The lowest BCUT2D eigenvalue weighted by Crippen LogP contribution is -2.30. The number of halogens is 2. The molecule has 180 valence electrons. The number of carbonyl (C=O) groups excluding carboxylic acids is 2. The van der Waals surface area contributed by atoms with Crippen molar-refractivity contribution in [1.29, 1.82) is 5.26 Å². The summed E-state index contributed by atoms with van der Waals surface area (Å²) in [7, 11) is 0. The van der Waals surface area contributed by atoms with Crippen LogP contribution in [0.1, 0.15) is 5.56 Å². The Labute approximate surface area is 223 Å². The summed E-state index contributed by atoms with van der Waals surface area (Å²) in [6.07, 6.45) is 0.180. The van der Waals surface area contributed by atoms with Gasteiger partial charge in [-0.15, -0.1) is 0 Å². The molecule has 1 saturated heterocycles. The second kappa shape index (κ2) is 11.0. The number of rotatable bonds is 6. The third kappa shape index (κ3) is 5.60. The number of nitrogens with zero attached hydrogens (tertiary/aromatic N) is 3. The van der Waals surface area contributed by atoms with E-state index >= 15 is 0 Å². The van der Waals surface area contributed by atoms with Crippen LogP contribution in [0.2, 0.25) is 5.02 Å². The van der Waals surface area contributed by atoms with Crippen molar-refractivity contribution in [2.75, 3.05) is 10.2 Å². The number of nitro benzene ring substituents is 1. The lowest BCUT2D eigenvalue weighted by Gasteiger charge is -2.19. The summed E-state index contributed by atoms with van der Waals surface area (Å²) in [5, 5.41) is 23.7. The molecular formula is C25H16BrClN4O4S. The lowest BCUT2D eigenvalue weighted by molar-refractivity contribution is -0.384. The second-order valence-electron chi connectivity index (χ2n) is 7.64. The molecule has 36 heavy (non-hydrogen) atoms. The lowest BCUT2D eigenvalue weighted by atomic mass is 10.1. The van der Waals surface area contributed by atoms with Crippen molar-refractivity contribution in [3.63, 3.8) is 0 Å². The summed E-state index contributed by atoms with van der Waals surface area (Å²) in [4.78, 5) is 38.6. The Bertz CT molecular complexity index is 1420. The van der Waals surface area contributed by atoms with E-state index in [1.165, 1.54) is 17.0 Å². The fourth-order valence-electron chi connectivity index (χ4n) is 3.55. The molecule has 0 bridgehead atoms. The van der Waals surface area contributed by atoms with Crippen LogP contribution in [0.4, 0.5) is 17.1 Å². The topological polar surface area (TPSA) is 116 Å². The molecule has 1 heterocycles. The van der Waals surface area contributed by atoms with Crippen molar-refractivity contribution in [2.24, 2.45) is 0 Å². The number of nitro groups is 1. The molecule has 2 amide bonds. The number of benzene rings is 3. The third-order valence-corrected chi connectivity index (χ3v) is 7.28. The number of nitrogens with one attached hydrogen (secondary N) is 1. The maximum Gasteiger partial charge on any atom is 0.269 e. The van der Waals surface area contributed by atoms with E-state index in [1.807, 2.05) is 6.07 Å². The van der Waals surface area contributed by atoms with E-state index in [0.717, 1.165) is 16.2 Å². The molecule has 1 atom stereocenters. The summed E-state index contributed by atoms with van der Waals surface area (Å²) < 4.78 is 0.796. The molecule has 1 fully saturated rings. The molecule has 1 aliphatic heterocycles. The highest BCUT2D eigenvalue weighted by Crippen LogP contribution is 2.42. The Balaban J connectivity index is 1.72. The molecular weight excluding hydrogens is 568 g/mol. The van der Waals surface area contributed by atoms with E-state index < -0.39 is 16.1 Å². The third-order valence-electron chi connectivity index (χ3n) is 5.23. The van der Waals surface area contributed by atoms with E-state index in [4.69, 9.17) is 11.6 Å². The Hall–Kier alpha value is -3.65. The molecule has 0 radical (unpaired) electrons. The van der Waals surface area contributed by atoms with Crippen LogP contribution in [0.15, 0.2) is 87.9 Å². The normalized spacial score (nSPS) is 16.4. The Morgan fingerprint density at radius 1 is 1.17 bits per heavy atom. The largest absolute Gasteiger partial charge is 0.321 e. The van der Waals surface area contributed by atoms with E-state index in [2.05, 4.69) is 21.2 Å². The van der Waals surface area contributed by atoms with Crippen LogP contribution < -0.4 is 10.2 Å². The molecule has 11 heteroatoms. The fraction of sp³-hybridized carbons (Fsp3) is 0.0800. The number of carbonyl (C=O) groups is 2. The monoisotopic (exact) mass is 582 g/mol. The minimum Gasteiger partial charge on any atom is -0.321 e. The fourth-order valence-corrected chi connectivity index (χ4v) is 5.25. The average molecular weight is 584 g/mol. The summed E-state index contributed by atoms with van der Waals surface area (Å²) in [6.45, 7) is 0. The Kier molecular flexibility index (Phi) is 7.74. The van der Waals surface area contributed by atoms with Crippen molar-refractivity contribution < 1.29 is 14.5 Å². The number of thioether (sulfide) groups is 1. The van der Waals surface area contributed by atoms with Crippen molar-refractivity contribution in [2.45, 2.75) is 11.7 Å². The molecule has 3 aromatic rings. The van der Waals surface area contributed by atoms with Gasteiger partial charge in [0.05, 0.1) is 10.2 Å². The molecule has 0 saturated carbocycles. The first-order valence-electron chi connectivity index (χ1n) is 10.5. The van der Waals surface area contributed by atoms with E-state index in [0.29, 0.717) is 22.0 Å². The van der Waals surface area contributed by atoms with Gasteiger partial charge in [-0.05, 0) is 60.5 Å². The van der Waals surface area contributed by atoms with Crippen LogP contribution in [-0.4, -0.2) is 22.0 Å². The molecule has 4 rings (SSSR count). The van der Waals surface area contributed by atoms with Gasteiger partial charge in [0.25, 0.3) is 11.6 Å². The van der Waals surface area contributed by atoms with Crippen molar-refractivity contribution in [3.05, 3.63) is 109 Å². The number of hydrogen-bond acceptors (Lipinski definition) is 6. The SMILES string of the molecule is N#C/C(C(=O)Nc1ccc(Cl)cc1)=C1/S[C@H](Cc2cccc([N+](=O)[O-])c2)C(=O)N1c1ccc(Br)cc1. The van der Waals surface area contributed by atoms with Gasteiger partial charge >= 0.3 is 0 Å². The quantitative estimate of drug-likeness (QED) is 0.163. The molecule has 0 spiro atoms. The minimum absolute atomic E-state index is 0.0801. The van der Waals surface area contributed by atoms with Gasteiger partial charge in [0.15, 0.2) is 0 Å². The zero-order valence-corrected chi connectivity index (χ0v) is 21.5. The number of hydrogen-bond donors (Lipinski definition) is 1. The van der Waals surface area contributed by atoms with Gasteiger partial charge in [0.1, 0.15) is 16.7 Å². The van der Waals surface area contributed by atoms with Crippen LogP contribution in [-0.2, 0) is 16.0 Å². The van der Waals surface area contributed by atoms with Crippen molar-refractivity contribution >= 4 is 68.2 Å². The van der Waals surface area contributed by atoms with Gasteiger partial charge < -0.3 is 5.32 Å². The van der Waals surface area contributed by atoms with Gasteiger partial charge in [-0.1, -0.05) is 51.4 Å². The van der Waals surface area contributed by atoms with E-state index in [1.54, 1.807) is 60.7 Å². The van der Waals surface area contributed by atoms with Crippen LogP contribution in [0.25, 0.3) is 0 Å². The van der Waals surface area contributed by atoms with E-state index in [-0.39, 0.29) is 28.6 Å². The Morgan fingerprint density at radius 2 is 1.86 bits per heavy atom. The predicted octanol–water partition coefficient (Wildman–Crippen LogP) is 6.08. The standard InChI is InChI=1S/C25H16BrClN4O4S/c26-16-4-10-19(11-5-16)30-24(33)22(13-15-2-1-3-20(12-15)31(34)35)36-25(30)21(14-28)23(32)29-18-8-6-17(27)7-9-18/h1-12,22H,13H2,(H,29,32)/b25-21-/t22-/m1/s1. The molecule has 8 nitrogen and oxygen atoms in total. The molecule has 0 aromatic heterocycles. The number of amides is 2. The average Bonchev–Trinajstić information content (AvgIpc) is 3.17. The number of non-ortho nitro benzene ring substituents is 1. The van der Waals surface area contributed by atoms with Crippen LogP contribution in [0.3, 0.4) is 0 Å². The van der Waals surface area contributed by atoms with Crippen molar-refractivity contribution in [1.82, 2.24) is 0 Å². The highest BCUT2D eigenvalue weighted by Gasteiger charge is 2.41. The molecule has 1 N–H and O–H groups in total. The molecule has 0 aliphatic carbocycles. The zero-order valence-electron chi connectivity index (χ0n) is 18.4. The van der Waals surface area contributed by atoms with Crippen LogP contribution in [0.5, 0.6) is 0 Å². The first-order chi connectivity index (χ1) is 17.3. The highest BCUT2D eigenvalue weighted by atomic mass is 79.9. The Morgan fingerprint density at radius 3 is 2.50 bits per heavy atom. The minimum atomic E-state index is -0.697. The summed E-state index contributed by atoms with van der Waals surface area (Å²) in [5.74, 6) is -1.01. The van der Waals surface area contributed by atoms with Gasteiger partial charge in [-0.2, -0.15) is 5.26 Å². The maximum absolute atomic E-state index is 13.5. The summed E-state index contributed by atoms with van der Waals surface area (Å²) in [6, 6.07) is 21.3. The predicted molar refractivity (Wildman–Crippen MR) is 143 cm³/mol. The van der Waals surface area contributed by atoms with E-state index in [9.17, 15) is 25.0 Å².